The molecule has 0 spiro atoms. The number of hydrogen-bond donors (Lipinski definition) is 2. The summed E-state index contributed by atoms with van der Waals surface area (Å²) in [6.07, 6.45) is 1.78. The molecule has 0 saturated heterocycles. The van der Waals surface area contributed by atoms with Gasteiger partial charge < -0.3 is 9.84 Å². The predicted molar refractivity (Wildman–Crippen MR) is 111 cm³/mol. The van der Waals surface area contributed by atoms with Crippen molar-refractivity contribution < 1.29 is 9.84 Å². The van der Waals surface area contributed by atoms with Crippen LogP contribution in [0.4, 0.5) is 0 Å². The molecule has 0 bridgehead atoms. The van der Waals surface area contributed by atoms with Gasteiger partial charge in [0, 0.05) is 23.7 Å². The summed E-state index contributed by atoms with van der Waals surface area (Å²) in [5, 5.41) is 14.3. The van der Waals surface area contributed by atoms with Gasteiger partial charge in [-0.05, 0) is 36.5 Å². The van der Waals surface area contributed by atoms with Gasteiger partial charge in [0.1, 0.15) is 6.17 Å². The molecule has 0 unspecified atom stereocenters. The maximum Gasteiger partial charge on any atom is 0.162 e. The van der Waals surface area contributed by atoms with E-state index in [2.05, 4.69) is 50.4 Å². The summed E-state index contributed by atoms with van der Waals surface area (Å²) in [6, 6.07) is 14.4. The number of nitrogens with zero attached hydrogens (tertiary/aromatic N) is 1. The average molecular weight is 367 g/mol. The smallest absolute Gasteiger partial charge is 0.162 e. The van der Waals surface area contributed by atoms with Crippen LogP contribution in [0, 0.1) is 5.92 Å². The van der Waals surface area contributed by atoms with Crippen LogP contribution in [0.15, 0.2) is 47.5 Å². The molecule has 1 heterocycles. The van der Waals surface area contributed by atoms with Gasteiger partial charge >= 0.3 is 0 Å². The average Bonchev–Trinajstić information content (AvgIpc) is 2.69. The second-order valence-corrected chi connectivity index (χ2v) is 7.37. The number of ether oxygens (including phenoxy) is 1. The molecular formula is C23H30N2O2. The second kappa shape index (κ2) is 8.57. The fraction of sp³-hybridized carbons (Fsp3) is 0.435. The molecule has 1 aliphatic rings. The number of rotatable bonds is 6. The van der Waals surface area contributed by atoms with Crippen LogP contribution in [0.25, 0.3) is 0 Å². The normalized spacial score (nSPS) is 19.8. The first-order chi connectivity index (χ1) is 13.0. The minimum absolute atomic E-state index is 0.00356. The minimum Gasteiger partial charge on any atom is -0.504 e. The van der Waals surface area contributed by atoms with Crippen LogP contribution in [0.2, 0.25) is 0 Å². The van der Waals surface area contributed by atoms with Crippen molar-refractivity contribution >= 4 is 5.71 Å². The molecule has 0 aliphatic carbocycles. The number of phenols is 1. The number of aryl methyl sites for hydroxylation is 1. The summed E-state index contributed by atoms with van der Waals surface area (Å²) < 4.78 is 5.57. The van der Waals surface area contributed by atoms with Gasteiger partial charge in [-0.15, -0.1) is 0 Å². The van der Waals surface area contributed by atoms with Crippen molar-refractivity contribution in [2.24, 2.45) is 10.9 Å². The third kappa shape index (κ3) is 4.33. The fourth-order valence-electron chi connectivity index (χ4n) is 3.48. The predicted octanol–water partition coefficient (Wildman–Crippen LogP) is 4.86. The Hall–Kier alpha value is -2.33. The number of hydrogen-bond acceptors (Lipinski definition) is 4. The van der Waals surface area contributed by atoms with Crippen LogP contribution in [-0.2, 0) is 6.42 Å². The highest BCUT2D eigenvalue weighted by molar-refractivity contribution is 6.01. The van der Waals surface area contributed by atoms with E-state index in [0.29, 0.717) is 18.3 Å². The lowest BCUT2D eigenvalue weighted by molar-refractivity contribution is 0.309. The Labute approximate surface area is 162 Å². The van der Waals surface area contributed by atoms with Gasteiger partial charge in [0.25, 0.3) is 0 Å². The summed E-state index contributed by atoms with van der Waals surface area (Å²) in [5.41, 5.74) is 4.43. The van der Waals surface area contributed by atoms with Crippen LogP contribution < -0.4 is 10.1 Å². The van der Waals surface area contributed by atoms with Crippen LogP contribution in [0.1, 0.15) is 56.8 Å². The number of aliphatic imine (C=N–C) groups is 1. The summed E-state index contributed by atoms with van der Waals surface area (Å²) in [4.78, 5) is 4.96. The first-order valence-corrected chi connectivity index (χ1v) is 9.90. The number of para-hydroxylation sites is 1. The van der Waals surface area contributed by atoms with Crippen molar-refractivity contribution in [1.29, 1.82) is 0 Å². The topological polar surface area (TPSA) is 53.8 Å². The molecule has 4 nitrogen and oxygen atoms in total. The monoisotopic (exact) mass is 366 g/mol. The van der Waals surface area contributed by atoms with E-state index in [-0.39, 0.29) is 18.0 Å². The molecule has 0 amide bonds. The first kappa shape index (κ1) is 19.4. The molecule has 144 valence electrons. The lowest BCUT2D eigenvalue weighted by atomic mass is 9.92. The molecule has 0 radical (unpaired) electrons. The maximum atomic E-state index is 10.7. The molecule has 2 aromatic carbocycles. The van der Waals surface area contributed by atoms with Gasteiger partial charge in [0.15, 0.2) is 11.5 Å². The Morgan fingerprint density at radius 1 is 1.15 bits per heavy atom. The number of phenolic OH excluding ortho intramolecular Hbond substituents is 1. The van der Waals surface area contributed by atoms with Crippen LogP contribution in [0.5, 0.6) is 11.5 Å². The minimum atomic E-state index is -0.00356. The highest BCUT2D eigenvalue weighted by atomic mass is 16.5. The highest BCUT2D eigenvalue weighted by Crippen LogP contribution is 2.37. The fourth-order valence-corrected chi connectivity index (χ4v) is 3.48. The van der Waals surface area contributed by atoms with E-state index < -0.39 is 0 Å². The van der Waals surface area contributed by atoms with E-state index in [9.17, 15) is 5.11 Å². The summed E-state index contributed by atoms with van der Waals surface area (Å²) in [7, 11) is 0. The third-order valence-corrected chi connectivity index (χ3v) is 5.10. The van der Waals surface area contributed by atoms with Gasteiger partial charge in [-0.1, -0.05) is 57.2 Å². The lowest BCUT2D eigenvalue weighted by Crippen LogP contribution is -2.41. The summed E-state index contributed by atoms with van der Waals surface area (Å²) >= 11 is 0. The van der Waals surface area contributed by atoms with Crippen molar-refractivity contribution in [3.63, 3.8) is 0 Å². The van der Waals surface area contributed by atoms with E-state index in [1.54, 1.807) is 0 Å². The molecule has 0 fully saturated rings. The Morgan fingerprint density at radius 2 is 1.89 bits per heavy atom. The van der Waals surface area contributed by atoms with Crippen LogP contribution in [0.3, 0.4) is 0 Å². The third-order valence-electron chi connectivity index (χ3n) is 5.10. The van der Waals surface area contributed by atoms with Crippen molar-refractivity contribution in [1.82, 2.24) is 5.32 Å². The quantitative estimate of drug-likeness (QED) is 0.768. The van der Waals surface area contributed by atoms with Crippen molar-refractivity contribution in [3.05, 3.63) is 59.2 Å². The van der Waals surface area contributed by atoms with E-state index >= 15 is 0 Å². The Bertz CT molecular complexity index is 797. The van der Waals surface area contributed by atoms with Crippen molar-refractivity contribution in [2.45, 2.75) is 52.7 Å². The molecule has 3 rings (SSSR count). The van der Waals surface area contributed by atoms with E-state index in [4.69, 9.17) is 9.73 Å². The number of aromatic hydroxyl groups is 1. The van der Waals surface area contributed by atoms with E-state index in [0.717, 1.165) is 29.7 Å². The molecule has 1 aliphatic heterocycles. The zero-order chi connectivity index (χ0) is 19.4. The van der Waals surface area contributed by atoms with Crippen LogP contribution in [-0.4, -0.2) is 23.6 Å². The molecule has 0 aromatic heterocycles. The van der Waals surface area contributed by atoms with Gasteiger partial charge in [-0.2, -0.15) is 0 Å². The number of nitrogens with one attached hydrogen (secondary N) is 1. The van der Waals surface area contributed by atoms with Crippen molar-refractivity contribution in [2.75, 3.05) is 6.61 Å². The molecule has 2 N–H and O–H groups in total. The highest BCUT2D eigenvalue weighted by Gasteiger charge is 2.29. The van der Waals surface area contributed by atoms with Gasteiger partial charge in [-0.25, -0.2) is 0 Å². The Kier molecular flexibility index (Phi) is 6.17. The molecule has 2 aromatic rings. The Morgan fingerprint density at radius 3 is 2.52 bits per heavy atom. The first-order valence-electron chi connectivity index (χ1n) is 9.90. The molecule has 0 saturated carbocycles. The molecule has 2 atom stereocenters. The SMILES string of the molecule is CCOc1cccc([C@@H]2CC(c3ccc(CC)cc3)=N[C@H](C(C)C)N2)c1O. The molecular weight excluding hydrogens is 336 g/mol. The number of benzene rings is 2. The van der Waals surface area contributed by atoms with E-state index in [1.165, 1.54) is 5.56 Å². The largest absolute Gasteiger partial charge is 0.504 e. The second-order valence-electron chi connectivity index (χ2n) is 7.37. The van der Waals surface area contributed by atoms with Crippen molar-refractivity contribution in [3.8, 4) is 11.5 Å². The molecule has 4 heteroatoms. The van der Waals surface area contributed by atoms with Gasteiger partial charge in [-0.3, -0.25) is 10.3 Å². The maximum absolute atomic E-state index is 10.7. The zero-order valence-electron chi connectivity index (χ0n) is 16.7. The standard InChI is InChI=1S/C23H30N2O2/c1-5-16-10-12-17(13-11-16)19-14-20(25-23(24-19)15(3)4)18-8-7-9-21(22(18)26)27-6-2/h7-13,15,20,23,25-26H,5-6,14H2,1-4H3/t20-,23-/m0/s1. The summed E-state index contributed by atoms with van der Waals surface area (Å²) in [5.74, 6) is 1.12. The zero-order valence-corrected chi connectivity index (χ0v) is 16.7. The lowest BCUT2D eigenvalue weighted by Gasteiger charge is -2.32. The van der Waals surface area contributed by atoms with Crippen LogP contribution >= 0.6 is 0 Å². The molecule has 27 heavy (non-hydrogen) atoms. The Balaban J connectivity index is 1.94. The van der Waals surface area contributed by atoms with Gasteiger partial charge in [0.2, 0.25) is 0 Å². The summed E-state index contributed by atoms with van der Waals surface area (Å²) in [6.45, 7) is 8.94. The van der Waals surface area contributed by atoms with Gasteiger partial charge in [0.05, 0.1) is 6.61 Å². The van der Waals surface area contributed by atoms with E-state index in [1.807, 2.05) is 25.1 Å².